The molecule has 1 fully saturated rings. The number of rotatable bonds is 0. The zero-order chi connectivity index (χ0) is 12.9. The minimum absolute atomic E-state index is 0. The van der Waals surface area contributed by atoms with Crippen molar-refractivity contribution in [3.05, 3.63) is 28.8 Å². The van der Waals surface area contributed by atoms with Crippen LogP contribution in [0, 0.1) is 0 Å². The van der Waals surface area contributed by atoms with Crippen molar-refractivity contribution in [3.63, 3.8) is 0 Å². The van der Waals surface area contributed by atoms with Crippen LogP contribution in [0.15, 0.2) is 18.2 Å². The highest BCUT2D eigenvalue weighted by molar-refractivity contribution is 7.59. The van der Waals surface area contributed by atoms with Gasteiger partial charge in [0.2, 0.25) is 5.91 Å². The first-order valence-corrected chi connectivity index (χ1v) is 6.35. The molecule has 4 nitrogen and oxygen atoms in total. The summed E-state index contributed by atoms with van der Waals surface area (Å²) < 4.78 is 0. The number of hydrogen-bond donors (Lipinski definition) is 0. The Labute approximate surface area is 123 Å². The second kappa shape index (κ2) is 5.06. The zero-order valence-electron chi connectivity index (χ0n) is 10.5. The third-order valence-corrected chi connectivity index (χ3v) is 3.91. The summed E-state index contributed by atoms with van der Waals surface area (Å²) in [6.45, 7) is 0.648. The van der Waals surface area contributed by atoms with Gasteiger partial charge in [-0.15, -0.1) is 0 Å². The third-order valence-electron chi connectivity index (χ3n) is 3.68. The topological polar surface area (TPSA) is 40.6 Å². The average molecular weight is 299 g/mol. The van der Waals surface area contributed by atoms with Gasteiger partial charge in [-0.2, -0.15) is 13.5 Å². The largest absolute Gasteiger partial charge is 0.327 e. The molecule has 3 rings (SSSR count). The van der Waals surface area contributed by atoms with Crippen molar-refractivity contribution in [2.75, 3.05) is 18.5 Å². The van der Waals surface area contributed by atoms with E-state index < -0.39 is 0 Å². The van der Waals surface area contributed by atoms with E-state index in [1.165, 1.54) is 0 Å². The molecule has 1 aromatic rings. The Morgan fingerprint density at radius 3 is 2.79 bits per heavy atom. The maximum absolute atomic E-state index is 12.4. The molecule has 1 saturated heterocycles. The number of halogens is 1. The van der Waals surface area contributed by atoms with Gasteiger partial charge in [0.05, 0.1) is 11.3 Å². The molecule has 102 valence electrons. The quantitative estimate of drug-likeness (QED) is 0.735. The first-order chi connectivity index (χ1) is 8.59. The summed E-state index contributed by atoms with van der Waals surface area (Å²) >= 11 is 5.95. The molecule has 0 spiro atoms. The molecule has 0 N–H and O–H groups in total. The summed E-state index contributed by atoms with van der Waals surface area (Å²) in [4.78, 5) is 28.0. The number of fused-ring (bicyclic) bond motifs is 2. The van der Waals surface area contributed by atoms with Crippen LogP contribution in [0.4, 0.5) is 5.69 Å². The van der Waals surface area contributed by atoms with E-state index in [0.717, 1.165) is 12.8 Å². The molecule has 0 radical (unpaired) electrons. The van der Waals surface area contributed by atoms with Crippen molar-refractivity contribution in [1.29, 1.82) is 0 Å². The number of benzene rings is 1. The molecular formula is C13H15ClN2O2S. The number of anilines is 1. The highest BCUT2D eigenvalue weighted by Gasteiger charge is 2.40. The lowest BCUT2D eigenvalue weighted by atomic mass is 10.1. The lowest BCUT2D eigenvalue weighted by Crippen LogP contribution is -2.43. The molecule has 19 heavy (non-hydrogen) atoms. The van der Waals surface area contributed by atoms with Gasteiger partial charge >= 0.3 is 0 Å². The molecule has 2 heterocycles. The van der Waals surface area contributed by atoms with Gasteiger partial charge in [-0.1, -0.05) is 11.6 Å². The summed E-state index contributed by atoms with van der Waals surface area (Å²) in [5.74, 6) is -0.102. The van der Waals surface area contributed by atoms with E-state index in [2.05, 4.69) is 0 Å². The van der Waals surface area contributed by atoms with Gasteiger partial charge in [0, 0.05) is 18.6 Å². The number of carbonyl (C=O) groups is 2. The molecule has 1 aromatic carbocycles. The predicted octanol–water partition coefficient (Wildman–Crippen LogP) is 2.03. The van der Waals surface area contributed by atoms with Crippen LogP contribution in [-0.4, -0.2) is 36.3 Å². The second-order valence-corrected chi connectivity index (χ2v) is 5.15. The third kappa shape index (κ3) is 2.11. The number of nitrogens with zero attached hydrogens (tertiary/aromatic N) is 2. The van der Waals surface area contributed by atoms with Gasteiger partial charge in [0.25, 0.3) is 5.91 Å². The van der Waals surface area contributed by atoms with E-state index in [9.17, 15) is 9.59 Å². The summed E-state index contributed by atoms with van der Waals surface area (Å²) in [5.41, 5.74) is 1.16. The van der Waals surface area contributed by atoms with E-state index in [-0.39, 0.29) is 31.4 Å². The van der Waals surface area contributed by atoms with Gasteiger partial charge in [0.1, 0.15) is 6.04 Å². The van der Waals surface area contributed by atoms with E-state index >= 15 is 0 Å². The van der Waals surface area contributed by atoms with E-state index in [4.69, 9.17) is 11.6 Å². The summed E-state index contributed by atoms with van der Waals surface area (Å²) in [7, 11) is 1.71. The molecule has 0 aliphatic carbocycles. The van der Waals surface area contributed by atoms with Crippen LogP contribution in [0.5, 0.6) is 0 Å². The highest BCUT2D eigenvalue weighted by Crippen LogP contribution is 2.32. The van der Waals surface area contributed by atoms with Crippen LogP contribution in [0.25, 0.3) is 0 Å². The van der Waals surface area contributed by atoms with Crippen molar-refractivity contribution >= 4 is 42.6 Å². The molecule has 2 aliphatic rings. The van der Waals surface area contributed by atoms with Crippen molar-refractivity contribution in [2.24, 2.45) is 0 Å². The van der Waals surface area contributed by atoms with Crippen LogP contribution in [0.3, 0.4) is 0 Å². The first kappa shape index (κ1) is 14.2. The first-order valence-electron chi connectivity index (χ1n) is 5.97. The maximum Gasteiger partial charge on any atom is 0.256 e. The Bertz CT molecular complexity index is 549. The number of amides is 2. The summed E-state index contributed by atoms with van der Waals surface area (Å²) in [6.07, 6.45) is 1.63. The Kier molecular flexibility index (Phi) is 3.78. The fourth-order valence-corrected chi connectivity index (χ4v) is 2.91. The minimum Gasteiger partial charge on any atom is -0.327 e. The van der Waals surface area contributed by atoms with Crippen molar-refractivity contribution < 1.29 is 9.59 Å². The lowest BCUT2D eigenvalue weighted by Gasteiger charge is -2.22. The number of hydrogen-bond acceptors (Lipinski definition) is 2. The predicted molar refractivity (Wildman–Crippen MR) is 79.3 cm³/mol. The van der Waals surface area contributed by atoms with Gasteiger partial charge < -0.3 is 9.80 Å². The SMILES string of the molecule is CN1C(=O)C2CCCN2C(=O)c2cc(Cl)ccc21.S. The normalized spacial score (nSPS) is 21.7. The number of carbonyl (C=O) groups excluding carboxylic acids is 2. The molecule has 2 amide bonds. The van der Waals surface area contributed by atoms with E-state index in [1.54, 1.807) is 35.0 Å². The van der Waals surface area contributed by atoms with E-state index in [0.29, 0.717) is 22.8 Å². The Balaban J connectivity index is 0.00000133. The molecule has 2 aliphatic heterocycles. The van der Waals surface area contributed by atoms with Crippen LogP contribution in [0.1, 0.15) is 23.2 Å². The summed E-state index contributed by atoms with van der Waals surface area (Å²) in [5, 5.41) is 0.514. The van der Waals surface area contributed by atoms with Crippen LogP contribution >= 0.6 is 25.1 Å². The zero-order valence-corrected chi connectivity index (χ0v) is 12.3. The van der Waals surface area contributed by atoms with Gasteiger partial charge in [-0.25, -0.2) is 0 Å². The highest BCUT2D eigenvalue weighted by atomic mass is 35.5. The lowest BCUT2D eigenvalue weighted by molar-refractivity contribution is -0.121. The average Bonchev–Trinajstić information content (AvgIpc) is 2.82. The molecular weight excluding hydrogens is 284 g/mol. The molecule has 1 atom stereocenters. The molecule has 0 aromatic heterocycles. The Morgan fingerprint density at radius 2 is 2.05 bits per heavy atom. The standard InChI is InChI=1S/C13H13ClN2O2.H2S/c1-15-10-5-4-8(14)7-9(10)12(17)16-6-2-3-11(16)13(15)18;/h4-5,7,11H,2-3,6H2,1H3;1H2. The van der Waals surface area contributed by atoms with Crippen molar-refractivity contribution in [2.45, 2.75) is 18.9 Å². The minimum atomic E-state index is -0.311. The van der Waals surface area contributed by atoms with E-state index in [1.807, 2.05) is 0 Å². The number of likely N-dealkylation sites (N-methyl/N-ethyl adjacent to an activating group) is 1. The van der Waals surface area contributed by atoms with Crippen molar-refractivity contribution in [1.82, 2.24) is 4.90 Å². The van der Waals surface area contributed by atoms with Gasteiger partial charge in [-0.05, 0) is 31.0 Å². The smallest absolute Gasteiger partial charge is 0.256 e. The Hall–Kier alpha value is -1.20. The van der Waals surface area contributed by atoms with Crippen LogP contribution < -0.4 is 4.90 Å². The maximum atomic E-state index is 12.4. The monoisotopic (exact) mass is 298 g/mol. The molecule has 6 heteroatoms. The Morgan fingerprint density at radius 1 is 1.32 bits per heavy atom. The van der Waals surface area contributed by atoms with Gasteiger partial charge in [-0.3, -0.25) is 9.59 Å². The van der Waals surface area contributed by atoms with Gasteiger partial charge in [0.15, 0.2) is 0 Å². The van der Waals surface area contributed by atoms with Crippen LogP contribution in [0.2, 0.25) is 5.02 Å². The van der Waals surface area contributed by atoms with Crippen LogP contribution in [-0.2, 0) is 4.79 Å². The summed E-state index contributed by atoms with van der Waals surface area (Å²) in [6, 6.07) is 4.77. The molecule has 0 saturated carbocycles. The molecule has 0 bridgehead atoms. The fraction of sp³-hybridized carbons (Fsp3) is 0.385. The van der Waals surface area contributed by atoms with Crippen molar-refractivity contribution in [3.8, 4) is 0 Å². The second-order valence-electron chi connectivity index (χ2n) is 4.72. The fourth-order valence-electron chi connectivity index (χ4n) is 2.74. The molecule has 1 unspecified atom stereocenters.